The molecule has 6 heteroatoms. The molecule has 0 unspecified atom stereocenters. The molecule has 2 N–H and O–H groups in total. The number of aliphatic hydroxyl groups excluding tert-OH is 1. The largest absolute Gasteiger partial charge is 0.493 e. The molecule has 0 aliphatic carbocycles. The number of benzene rings is 1. The van der Waals surface area contributed by atoms with Crippen LogP contribution in [0.25, 0.3) is 0 Å². The molecule has 118 valence electrons. The van der Waals surface area contributed by atoms with Crippen LogP contribution < -0.4 is 19.1 Å². The van der Waals surface area contributed by atoms with Gasteiger partial charge in [-0.1, -0.05) is 6.07 Å². The molecule has 1 fully saturated rings. The molecular weight excluding hydrogens is 274 g/mol. The summed E-state index contributed by atoms with van der Waals surface area (Å²) < 4.78 is 21.5. The minimum Gasteiger partial charge on any atom is -0.493 e. The van der Waals surface area contributed by atoms with E-state index in [1.165, 1.54) is 4.90 Å². The molecule has 21 heavy (non-hydrogen) atoms. The zero-order valence-electron chi connectivity index (χ0n) is 12.6. The number of hydrogen-bond acceptors (Lipinski definition) is 5. The molecule has 0 aromatic heterocycles. The van der Waals surface area contributed by atoms with Crippen molar-refractivity contribution in [3.8, 4) is 17.2 Å². The minimum absolute atomic E-state index is 0.209. The Morgan fingerprint density at radius 3 is 2.38 bits per heavy atom. The van der Waals surface area contributed by atoms with Crippen LogP contribution in [-0.2, 0) is 4.74 Å². The second kappa shape index (κ2) is 8.07. The summed E-state index contributed by atoms with van der Waals surface area (Å²) in [4.78, 5) is 1.34. The number of hydrogen-bond donors (Lipinski definition) is 2. The van der Waals surface area contributed by atoms with E-state index in [-0.39, 0.29) is 6.61 Å². The Hall–Kier alpha value is -1.50. The zero-order valence-corrected chi connectivity index (χ0v) is 12.6. The molecule has 1 aromatic rings. The third-order valence-corrected chi connectivity index (χ3v) is 3.53. The van der Waals surface area contributed by atoms with Gasteiger partial charge in [0.05, 0.1) is 27.4 Å². The second-order valence-corrected chi connectivity index (χ2v) is 5.02. The van der Waals surface area contributed by atoms with Crippen LogP contribution in [0.3, 0.4) is 0 Å². The van der Waals surface area contributed by atoms with Crippen molar-refractivity contribution in [3.05, 3.63) is 18.2 Å². The molecule has 2 rings (SSSR count). The predicted octanol–water partition coefficient (Wildman–Crippen LogP) is -0.641. The van der Waals surface area contributed by atoms with E-state index >= 15 is 0 Å². The maximum absolute atomic E-state index is 10.1. The normalized spacial score (nSPS) is 17.3. The smallest absolute Gasteiger partial charge is 0.203 e. The highest BCUT2D eigenvalue weighted by atomic mass is 16.5. The molecule has 0 spiro atoms. The molecule has 1 saturated heterocycles. The van der Waals surface area contributed by atoms with Gasteiger partial charge in [0.15, 0.2) is 11.5 Å². The van der Waals surface area contributed by atoms with E-state index in [1.54, 1.807) is 26.4 Å². The summed E-state index contributed by atoms with van der Waals surface area (Å²) in [5, 5.41) is 10.1. The summed E-state index contributed by atoms with van der Waals surface area (Å²) >= 11 is 0. The van der Waals surface area contributed by atoms with Crippen LogP contribution in [0.15, 0.2) is 18.2 Å². The average Bonchev–Trinajstić information content (AvgIpc) is 2.53. The Kier molecular flexibility index (Phi) is 6.10. The van der Waals surface area contributed by atoms with E-state index in [4.69, 9.17) is 18.9 Å². The number of rotatable bonds is 7. The Morgan fingerprint density at radius 2 is 1.81 bits per heavy atom. The van der Waals surface area contributed by atoms with Crippen molar-refractivity contribution in [3.63, 3.8) is 0 Å². The quantitative estimate of drug-likeness (QED) is 0.701. The summed E-state index contributed by atoms with van der Waals surface area (Å²) in [6, 6.07) is 5.44. The van der Waals surface area contributed by atoms with Gasteiger partial charge in [0, 0.05) is 0 Å². The Bertz CT molecular complexity index is 412. The molecule has 1 aliphatic rings. The maximum atomic E-state index is 10.1. The molecule has 0 amide bonds. The lowest BCUT2D eigenvalue weighted by atomic mass is 10.3. The first kappa shape index (κ1) is 15.9. The summed E-state index contributed by atoms with van der Waals surface area (Å²) in [7, 11) is 3.16. The van der Waals surface area contributed by atoms with Crippen LogP contribution in [0.4, 0.5) is 0 Å². The van der Waals surface area contributed by atoms with Crippen LogP contribution in [0.2, 0.25) is 0 Å². The average molecular weight is 298 g/mol. The first-order valence-electron chi connectivity index (χ1n) is 7.17. The molecule has 0 bridgehead atoms. The number of ether oxygens (including phenoxy) is 4. The van der Waals surface area contributed by atoms with Crippen molar-refractivity contribution < 1.29 is 29.0 Å². The second-order valence-electron chi connectivity index (χ2n) is 5.02. The topological polar surface area (TPSA) is 61.6 Å². The summed E-state index contributed by atoms with van der Waals surface area (Å²) in [6.45, 7) is 4.22. The lowest BCUT2D eigenvalue weighted by molar-refractivity contribution is -0.911. The van der Waals surface area contributed by atoms with Gasteiger partial charge in [0.25, 0.3) is 0 Å². The fourth-order valence-corrected chi connectivity index (χ4v) is 2.40. The summed E-state index contributed by atoms with van der Waals surface area (Å²) in [5.41, 5.74) is 0. The third kappa shape index (κ3) is 4.49. The van der Waals surface area contributed by atoms with E-state index in [2.05, 4.69) is 0 Å². The Morgan fingerprint density at radius 1 is 1.19 bits per heavy atom. The first-order chi connectivity index (χ1) is 10.2. The predicted molar refractivity (Wildman–Crippen MR) is 77.4 cm³/mol. The molecule has 1 aliphatic heterocycles. The molecule has 1 atom stereocenters. The molecule has 1 aromatic carbocycles. The summed E-state index contributed by atoms with van der Waals surface area (Å²) in [6.07, 6.45) is -0.535. The highest BCUT2D eigenvalue weighted by Gasteiger charge is 2.20. The van der Waals surface area contributed by atoms with Gasteiger partial charge >= 0.3 is 0 Å². The third-order valence-electron chi connectivity index (χ3n) is 3.53. The van der Waals surface area contributed by atoms with Gasteiger partial charge in [-0.15, -0.1) is 0 Å². The van der Waals surface area contributed by atoms with Gasteiger partial charge in [-0.2, -0.15) is 0 Å². The molecule has 1 heterocycles. The zero-order chi connectivity index (χ0) is 15.1. The monoisotopic (exact) mass is 298 g/mol. The Labute approximate surface area is 125 Å². The fraction of sp³-hybridized carbons (Fsp3) is 0.600. The number of methoxy groups -OCH3 is 2. The van der Waals surface area contributed by atoms with Crippen molar-refractivity contribution in [2.75, 3.05) is 53.7 Å². The van der Waals surface area contributed by atoms with Crippen LogP contribution in [0.5, 0.6) is 17.2 Å². The summed E-state index contributed by atoms with van der Waals surface area (Å²) in [5.74, 6) is 1.72. The van der Waals surface area contributed by atoms with E-state index in [0.29, 0.717) is 23.8 Å². The highest BCUT2D eigenvalue weighted by Crippen LogP contribution is 2.36. The van der Waals surface area contributed by atoms with Gasteiger partial charge in [0.2, 0.25) is 5.75 Å². The van der Waals surface area contributed by atoms with Gasteiger partial charge in [0.1, 0.15) is 32.3 Å². The Balaban J connectivity index is 1.89. The van der Waals surface area contributed by atoms with Crippen LogP contribution in [0.1, 0.15) is 0 Å². The van der Waals surface area contributed by atoms with E-state index < -0.39 is 6.10 Å². The van der Waals surface area contributed by atoms with Gasteiger partial charge < -0.3 is 29.0 Å². The SMILES string of the molecule is COc1cccc(OC)c1OC[C@@H](O)C[NH+]1CCOCC1. The fourth-order valence-electron chi connectivity index (χ4n) is 2.40. The van der Waals surface area contributed by atoms with E-state index in [9.17, 15) is 5.11 Å². The van der Waals surface area contributed by atoms with Gasteiger partial charge in [-0.25, -0.2) is 0 Å². The standard InChI is InChI=1S/C15H23NO5/c1-18-13-4-3-5-14(19-2)15(13)21-11-12(17)10-16-6-8-20-9-7-16/h3-5,12,17H,6-11H2,1-2H3/p+1/t12-/m0/s1. The number of morpholine rings is 1. The molecular formula is C15H24NO5+. The molecule has 6 nitrogen and oxygen atoms in total. The van der Waals surface area contributed by atoms with Crippen molar-refractivity contribution in [1.82, 2.24) is 0 Å². The lowest BCUT2D eigenvalue weighted by Crippen LogP contribution is -3.15. The van der Waals surface area contributed by atoms with Crippen molar-refractivity contribution in [1.29, 1.82) is 0 Å². The van der Waals surface area contributed by atoms with Crippen molar-refractivity contribution in [2.24, 2.45) is 0 Å². The first-order valence-corrected chi connectivity index (χ1v) is 7.17. The van der Waals surface area contributed by atoms with Gasteiger partial charge in [-0.05, 0) is 12.1 Å². The molecule has 0 radical (unpaired) electrons. The van der Waals surface area contributed by atoms with E-state index in [1.807, 2.05) is 6.07 Å². The minimum atomic E-state index is -0.535. The number of para-hydroxylation sites is 1. The van der Waals surface area contributed by atoms with E-state index in [0.717, 1.165) is 26.3 Å². The number of quaternary nitrogens is 1. The lowest BCUT2D eigenvalue weighted by Gasteiger charge is -2.26. The van der Waals surface area contributed by atoms with Crippen LogP contribution in [0, 0.1) is 0 Å². The van der Waals surface area contributed by atoms with Crippen molar-refractivity contribution in [2.45, 2.75) is 6.10 Å². The molecule has 0 saturated carbocycles. The number of nitrogens with one attached hydrogen (secondary N) is 1. The van der Waals surface area contributed by atoms with Crippen LogP contribution in [-0.4, -0.2) is 64.9 Å². The van der Waals surface area contributed by atoms with Crippen molar-refractivity contribution >= 4 is 0 Å². The van der Waals surface area contributed by atoms with Crippen LogP contribution >= 0.6 is 0 Å². The van der Waals surface area contributed by atoms with Gasteiger partial charge in [-0.3, -0.25) is 0 Å². The number of aliphatic hydroxyl groups is 1. The maximum Gasteiger partial charge on any atom is 0.203 e. The highest BCUT2D eigenvalue weighted by molar-refractivity contribution is 5.51.